The number of hydrogen-bond donors (Lipinski definition) is 0. The molecule has 1 saturated heterocycles. The van der Waals surface area contributed by atoms with Crippen LogP contribution in [0.4, 0.5) is 0 Å². The zero-order chi connectivity index (χ0) is 16.8. The zero-order valence-electron chi connectivity index (χ0n) is 14.8. The third kappa shape index (κ3) is 4.56. The number of amides is 1. The standard InChI is InChI=1S/C18H30N4O2/c1-24-14-16-8-5-10-21(12-16)18(23)17-13-22(20-19-17)11-9-15-6-3-2-4-7-15/h13,15-16H,2-12,14H2,1H3. The van der Waals surface area contributed by atoms with Crippen LogP contribution in [0, 0.1) is 11.8 Å². The number of methoxy groups -OCH3 is 1. The van der Waals surface area contributed by atoms with E-state index in [-0.39, 0.29) is 5.91 Å². The summed E-state index contributed by atoms with van der Waals surface area (Å²) in [5.74, 6) is 1.27. The predicted molar refractivity (Wildman–Crippen MR) is 91.7 cm³/mol. The van der Waals surface area contributed by atoms with Crippen LogP contribution in [0.2, 0.25) is 0 Å². The van der Waals surface area contributed by atoms with E-state index in [4.69, 9.17) is 4.74 Å². The van der Waals surface area contributed by atoms with Gasteiger partial charge < -0.3 is 9.64 Å². The van der Waals surface area contributed by atoms with Crippen LogP contribution in [0.5, 0.6) is 0 Å². The molecular weight excluding hydrogens is 304 g/mol. The SMILES string of the molecule is COCC1CCCN(C(=O)c2cn(CCC3CCCCC3)nn2)C1. The molecule has 0 N–H and O–H groups in total. The van der Waals surface area contributed by atoms with E-state index in [2.05, 4.69) is 10.3 Å². The molecule has 6 nitrogen and oxygen atoms in total. The van der Waals surface area contributed by atoms with E-state index in [0.717, 1.165) is 51.4 Å². The third-order valence-corrected chi connectivity index (χ3v) is 5.46. The van der Waals surface area contributed by atoms with Crippen LogP contribution in [0.3, 0.4) is 0 Å². The lowest BCUT2D eigenvalue weighted by atomic mass is 9.87. The van der Waals surface area contributed by atoms with Crippen molar-refractivity contribution < 1.29 is 9.53 Å². The second-order valence-corrected chi connectivity index (χ2v) is 7.37. The first kappa shape index (κ1) is 17.4. The van der Waals surface area contributed by atoms with Gasteiger partial charge in [0.2, 0.25) is 0 Å². The molecule has 3 rings (SSSR count). The van der Waals surface area contributed by atoms with Crippen molar-refractivity contribution in [2.45, 2.75) is 57.9 Å². The summed E-state index contributed by atoms with van der Waals surface area (Å²) in [4.78, 5) is 14.5. The van der Waals surface area contributed by atoms with Gasteiger partial charge in [-0.05, 0) is 31.1 Å². The largest absolute Gasteiger partial charge is 0.384 e. The van der Waals surface area contributed by atoms with Crippen LogP contribution < -0.4 is 0 Å². The minimum Gasteiger partial charge on any atom is -0.384 e. The number of ether oxygens (including phenoxy) is 1. The maximum atomic E-state index is 12.6. The molecule has 1 aliphatic carbocycles. The number of carbonyl (C=O) groups excluding carboxylic acids is 1. The van der Waals surface area contributed by atoms with Gasteiger partial charge in [-0.15, -0.1) is 5.10 Å². The second kappa shape index (κ2) is 8.60. The topological polar surface area (TPSA) is 60.2 Å². The molecule has 134 valence electrons. The first-order valence-electron chi connectivity index (χ1n) is 9.44. The van der Waals surface area contributed by atoms with E-state index < -0.39 is 0 Å². The molecule has 1 aromatic heterocycles. The monoisotopic (exact) mass is 334 g/mol. The van der Waals surface area contributed by atoms with Crippen LogP contribution in [-0.2, 0) is 11.3 Å². The summed E-state index contributed by atoms with van der Waals surface area (Å²) >= 11 is 0. The molecule has 1 aromatic rings. The van der Waals surface area contributed by atoms with Crippen LogP contribution in [0.1, 0.15) is 61.9 Å². The van der Waals surface area contributed by atoms with Gasteiger partial charge in [-0.2, -0.15) is 0 Å². The summed E-state index contributed by atoms with van der Waals surface area (Å²) in [6.45, 7) is 3.17. The first-order chi connectivity index (χ1) is 11.8. The van der Waals surface area contributed by atoms with Crippen molar-refractivity contribution >= 4 is 5.91 Å². The molecule has 1 amide bonds. The minimum atomic E-state index is 0.0136. The quantitative estimate of drug-likeness (QED) is 0.802. The van der Waals surface area contributed by atoms with Gasteiger partial charge in [-0.3, -0.25) is 9.48 Å². The fraction of sp³-hybridized carbons (Fsp3) is 0.833. The molecule has 2 aliphatic rings. The molecule has 1 aliphatic heterocycles. The molecule has 0 spiro atoms. The van der Waals surface area contributed by atoms with Crippen molar-refractivity contribution in [3.05, 3.63) is 11.9 Å². The number of nitrogens with zero attached hydrogens (tertiary/aromatic N) is 4. The molecule has 1 saturated carbocycles. The van der Waals surface area contributed by atoms with Crippen LogP contribution in [0.25, 0.3) is 0 Å². The van der Waals surface area contributed by atoms with E-state index in [9.17, 15) is 4.79 Å². The van der Waals surface area contributed by atoms with Gasteiger partial charge in [0.25, 0.3) is 5.91 Å². The molecule has 24 heavy (non-hydrogen) atoms. The van der Waals surface area contributed by atoms with Crippen molar-refractivity contribution in [3.63, 3.8) is 0 Å². The number of piperidine rings is 1. The Morgan fingerprint density at radius 1 is 1.21 bits per heavy atom. The van der Waals surface area contributed by atoms with Crippen molar-refractivity contribution in [1.82, 2.24) is 19.9 Å². The van der Waals surface area contributed by atoms with Gasteiger partial charge in [-0.25, -0.2) is 0 Å². The number of likely N-dealkylation sites (tertiary alicyclic amines) is 1. The van der Waals surface area contributed by atoms with Gasteiger partial charge in [0.15, 0.2) is 5.69 Å². The number of carbonyl (C=O) groups is 1. The molecular formula is C18H30N4O2. The summed E-state index contributed by atoms with van der Waals surface area (Å²) in [6.07, 6.45) is 11.9. The lowest BCUT2D eigenvalue weighted by Crippen LogP contribution is -2.41. The van der Waals surface area contributed by atoms with Crippen molar-refractivity contribution in [3.8, 4) is 0 Å². The lowest BCUT2D eigenvalue weighted by Gasteiger charge is -2.31. The number of rotatable bonds is 6. The maximum absolute atomic E-state index is 12.6. The Morgan fingerprint density at radius 2 is 2.00 bits per heavy atom. The maximum Gasteiger partial charge on any atom is 0.276 e. The highest BCUT2D eigenvalue weighted by atomic mass is 16.5. The number of aromatic nitrogens is 3. The zero-order valence-corrected chi connectivity index (χ0v) is 14.8. The highest BCUT2D eigenvalue weighted by Gasteiger charge is 2.26. The van der Waals surface area contributed by atoms with Crippen LogP contribution >= 0.6 is 0 Å². The lowest BCUT2D eigenvalue weighted by molar-refractivity contribution is 0.0565. The molecule has 0 radical (unpaired) electrons. The summed E-state index contributed by atoms with van der Waals surface area (Å²) in [6, 6.07) is 0. The minimum absolute atomic E-state index is 0.0136. The van der Waals surface area contributed by atoms with Gasteiger partial charge in [-0.1, -0.05) is 37.3 Å². The highest BCUT2D eigenvalue weighted by Crippen LogP contribution is 2.26. The van der Waals surface area contributed by atoms with Gasteiger partial charge in [0, 0.05) is 26.7 Å². The van der Waals surface area contributed by atoms with Crippen molar-refractivity contribution in [2.24, 2.45) is 11.8 Å². The molecule has 2 fully saturated rings. The van der Waals surface area contributed by atoms with Crippen LogP contribution in [0.15, 0.2) is 6.20 Å². The average Bonchev–Trinajstić information content (AvgIpc) is 3.10. The summed E-state index contributed by atoms with van der Waals surface area (Å²) in [7, 11) is 1.72. The Morgan fingerprint density at radius 3 is 2.79 bits per heavy atom. The molecule has 0 bridgehead atoms. The fourth-order valence-corrected chi connectivity index (χ4v) is 4.08. The Bertz CT molecular complexity index is 523. The van der Waals surface area contributed by atoms with Crippen molar-refractivity contribution in [2.75, 3.05) is 26.8 Å². The molecule has 1 atom stereocenters. The number of hydrogen-bond acceptors (Lipinski definition) is 4. The van der Waals surface area contributed by atoms with Gasteiger partial charge in [0.1, 0.15) is 0 Å². The predicted octanol–water partition coefficient (Wildman–Crippen LogP) is 2.75. The summed E-state index contributed by atoms with van der Waals surface area (Å²) in [5.41, 5.74) is 0.483. The Kier molecular flexibility index (Phi) is 6.24. The fourth-order valence-electron chi connectivity index (χ4n) is 4.08. The first-order valence-corrected chi connectivity index (χ1v) is 9.44. The molecule has 6 heteroatoms. The summed E-state index contributed by atoms with van der Waals surface area (Å²) in [5, 5.41) is 8.28. The molecule has 1 unspecified atom stereocenters. The van der Waals surface area contributed by atoms with E-state index in [1.165, 1.54) is 32.1 Å². The molecule has 0 aromatic carbocycles. The Balaban J connectivity index is 1.51. The second-order valence-electron chi connectivity index (χ2n) is 7.37. The van der Waals surface area contributed by atoms with E-state index in [0.29, 0.717) is 11.6 Å². The third-order valence-electron chi connectivity index (χ3n) is 5.46. The number of aryl methyl sites for hydroxylation is 1. The average molecular weight is 334 g/mol. The normalized spacial score (nSPS) is 22.7. The van der Waals surface area contributed by atoms with E-state index >= 15 is 0 Å². The highest BCUT2D eigenvalue weighted by molar-refractivity contribution is 5.92. The Hall–Kier alpha value is -1.43. The van der Waals surface area contributed by atoms with Gasteiger partial charge >= 0.3 is 0 Å². The van der Waals surface area contributed by atoms with E-state index in [1.54, 1.807) is 7.11 Å². The van der Waals surface area contributed by atoms with Crippen LogP contribution in [-0.4, -0.2) is 52.6 Å². The van der Waals surface area contributed by atoms with E-state index in [1.807, 2.05) is 15.8 Å². The summed E-state index contributed by atoms with van der Waals surface area (Å²) < 4.78 is 7.08. The smallest absolute Gasteiger partial charge is 0.276 e. The van der Waals surface area contributed by atoms with Crippen molar-refractivity contribution in [1.29, 1.82) is 0 Å². The molecule has 2 heterocycles. The Labute approximate surface area is 144 Å². The van der Waals surface area contributed by atoms with Gasteiger partial charge in [0.05, 0.1) is 12.8 Å².